The van der Waals surface area contributed by atoms with Crippen LogP contribution in [0.15, 0.2) is 0 Å². The zero-order valence-corrected chi connectivity index (χ0v) is 10.00. The minimum absolute atomic E-state index is 0.451. The van der Waals surface area contributed by atoms with Gasteiger partial charge in [0.15, 0.2) is 0 Å². The van der Waals surface area contributed by atoms with Gasteiger partial charge >= 0.3 is 0 Å². The van der Waals surface area contributed by atoms with Crippen molar-refractivity contribution in [2.75, 3.05) is 20.1 Å². The Bertz CT molecular complexity index is 156. The van der Waals surface area contributed by atoms with Crippen LogP contribution in [0.4, 0.5) is 0 Å². The third-order valence-electron chi connectivity index (χ3n) is 3.81. The summed E-state index contributed by atoms with van der Waals surface area (Å²) in [5.74, 6) is 1.67. The van der Waals surface area contributed by atoms with Crippen molar-refractivity contribution in [3.8, 4) is 0 Å². The van der Waals surface area contributed by atoms with Gasteiger partial charge in [0.25, 0.3) is 0 Å². The zero-order chi connectivity index (χ0) is 10.6. The van der Waals surface area contributed by atoms with Gasteiger partial charge in [-0.1, -0.05) is 20.3 Å². The normalized spacial score (nSPS) is 33.6. The van der Waals surface area contributed by atoms with Crippen LogP contribution < -0.4 is 5.73 Å². The highest BCUT2D eigenvalue weighted by Gasteiger charge is 2.27. The molecule has 0 bridgehead atoms. The Kier molecular flexibility index (Phi) is 4.90. The Labute approximate surface area is 88.8 Å². The van der Waals surface area contributed by atoms with E-state index in [9.17, 15) is 0 Å². The third kappa shape index (κ3) is 3.25. The molecular weight excluding hydrogens is 172 g/mol. The number of rotatable bonds is 4. The molecule has 2 heteroatoms. The van der Waals surface area contributed by atoms with E-state index in [0.717, 1.165) is 18.4 Å². The highest BCUT2D eigenvalue weighted by atomic mass is 15.1. The summed E-state index contributed by atoms with van der Waals surface area (Å²) < 4.78 is 0. The minimum atomic E-state index is 0.451. The molecule has 14 heavy (non-hydrogen) atoms. The Morgan fingerprint density at radius 2 is 2.00 bits per heavy atom. The van der Waals surface area contributed by atoms with Gasteiger partial charge in [-0.2, -0.15) is 0 Å². The summed E-state index contributed by atoms with van der Waals surface area (Å²) in [7, 11) is 2.20. The standard InChI is InChI=1S/C12H26N2/c1-4-10-6-7-12(13)11(8-10)9-14(3)5-2/h10-12H,4-9,13H2,1-3H3. The molecule has 3 atom stereocenters. The van der Waals surface area contributed by atoms with Gasteiger partial charge < -0.3 is 10.6 Å². The molecule has 0 radical (unpaired) electrons. The molecule has 0 spiro atoms. The van der Waals surface area contributed by atoms with Crippen LogP contribution in [0.1, 0.15) is 39.5 Å². The van der Waals surface area contributed by atoms with E-state index in [1.807, 2.05) is 0 Å². The van der Waals surface area contributed by atoms with Gasteiger partial charge in [0.1, 0.15) is 0 Å². The van der Waals surface area contributed by atoms with Crippen molar-refractivity contribution in [3.05, 3.63) is 0 Å². The van der Waals surface area contributed by atoms with Crippen molar-refractivity contribution >= 4 is 0 Å². The van der Waals surface area contributed by atoms with E-state index in [4.69, 9.17) is 5.73 Å². The fraction of sp³-hybridized carbons (Fsp3) is 1.00. The van der Waals surface area contributed by atoms with Crippen LogP contribution in [0.5, 0.6) is 0 Å². The number of hydrogen-bond acceptors (Lipinski definition) is 2. The Hall–Kier alpha value is -0.0800. The summed E-state index contributed by atoms with van der Waals surface area (Å²) in [6, 6.07) is 0.451. The summed E-state index contributed by atoms with van der Waals surface area (Å²) in [6.45, 7) is 6.85. The Balaban J connectivity index is 2.40. The molecule has 0 aliphatic heterocycles. The second-order valence-corrected chi connectivity index (χ2v) is 4.87. The molecule has 0 aromatic carbocycles. The lowest BCUT2D eigenvalue weighted by molar-refractivity contribution is 0.175. The van der Waals surface area contributed by atoms with Gasteiger partial charge in [0.05, 0.1) is 0 Å². The Morgan fingerprint density at radius 1 is 1.29 bits per heavy atom. The van der Waals surface area contributed by atoms with Crippen LogP contribution in [-0.2, 0) is 0 Å². The predicted molar refractivity (Wildman–Crippen MR) is 62.3 cm³/mol. The molecule has 0 heterocycles. The molecule has 1 aliphatic rings. The van der Waals surface area contributed by atoms with Crippen LogP contribution in [0.2, 0.25) is 0 Å². The van der Waals surface area contributed by atoms with E-state index in [1.54, 1.807) is 0 Å². The molecular formula is C12H26N2. The third-order valence-corrected chi connectivity index (χ3v) is 3.81. The van der Waals surface area contributed by atoms with Gasteiger partial charge in [0.2, 0.25) is 0 Å². The molecule has 1 aliphatic carbocycles. The van der Waals surface area contributed by atoms with Crippen molar-refractivity contribution in [1.82, 2.24) is 4.90 Å². The van der Waals surface area contributed by atoms with E-state index < -0.39 is 0 Å². The van der Waals surface area contributed by atoms with Gasteiger partial charge in [-0.15, -0.1) is 0 Å². The largest absolute Gasteiger partial charge is 0.327 e. The number of hydrogen-bond donors (Lipinski definition) is 1. The monoisotopic (exact) mass is 198 g/mol. The molecule has 84 valence electrons. The molecule has 3 unspecified atom stereocenters. The average molecular weight is 198 g/mol. The molecule has 2 N–H and O–H groups in total. The first-order valence-corrected chi connectivity index (χ1v) is 6.11. The molecule has 0 aromatic heterocycles. The zero-order valence-electron chi connectivity index (χ0n) is 10.00. The first-order valence-electron chi connectivity index (χ1n) is 6.11. The van der Waals surface area contributed by atoms with Crippen molar-refractivity contribution in [1.29, 1.82) is 0 Å². The van der Waals surface area contributed by atoms with Crippen LogP contribution in [0.3, 0.4) is 0 Å². The second kappa shape index (κ2) is 5.72. The lowest BCUT2D eigenvalue weighted by Gasteiger charge is -2.35. The average Bonchev–Trinajstić information content (AvgIpc) is 2.21. The molecule has 1 rings (SSSR count). The molecule has 1 saturated carbocycles. The molecule has 1 fully saturated rings. The molecule has 0 saturated heterocycles. The van der Waals surface area contributed by atoms with Crippen molar-refractivity contribution in [2.45, 2.75) is 45.6 Å². The second-order valence-electron chi connectivity index (χ2n) is 4.87. The first kappa shape index (κ1) is 12.0. The molecule has 0 aromatic rings. The van der Waals surface area contributed by atoms with Crippen LogP contribution in [-0.4, -0.2) is 31.1 Å². The maximum atomic E-state index is 6.17. The van der Waals surface area contributed by atoms with Gasteiger partial charge in [0, 0.05) is 12.6 Å². The maximum absolute atomic E-state index is 6.17. The van der Waals surface area contributed by atoms with Crippen LogP contribution in [0.25, 0.3) is 0 Å². The number of nitrogens with zero attached hydrogens (tertiary/aromatic N) is 1. The van der Waals surface area contributed by atoms with Gasteiger partial charge in [-0.05, 0) is 44.7 Å². The lowest BCUT2D eigenvalue weighted by atomic mass is 9.77. The van der Waals surface area contributed by atoms with Crippen molar-refractivity contribution < 1.29 is 0 Å². The van der Waals surface area contributed by atoms with E-state index in [2.05, 4.69) is 25.8 Å². The fourth-order valence-electron chi connectivity index (χ4n) is 2.49. The van der Waals surface area contributed by atoms with Gasteiger partial charge in [-0.3, -0.25) is 0 Å². The Morgan fingerprint density at radius 3 is 2.57 bits per heavy atom. The van der Waals surface area contributed by atoms with Crippen LogP contribution in [0, 0.1) is 11.8 Å². The maximum Gasteiger partial charge on any atom is 0.00795 e. The summed E-state index contributed by atoms with van der Waals surface area (Å²) in [6.07, 6.45) is 5.27. The summed E-state index contributed by atoms with van der Waals surface area (Å²) >= 11 is 0. The lowest BCUT2D eigenvalue weighted by Crippen LogP contribution is -2.42. The van der Waals surface area contributed by atoms with Gasteiger partial charge in [-0.25, -0.2) is 0 Å². The topological polar surface area (TPSA) is 29.3 Å². The van der Waals surface area contributed by atoms with E-state index in [-0.39, 0.29) is 0 Å². The van der Waals surface area contributed by atoms with Crippen molar-refractivity contribution in [3.63, 3.8) is 0 Å². The molecule has 2 nitrogen and oxygen atoms in total. The van der Waals surface area contributed by atoms with Crippen LogP contribution >= 0.6 is 0 Å². The minimum Gasteiger partial charge on any atom is -0.327 e. The fourth-order valence-corrected chi connectivity index (χ4v) is 2.49. The predicted octanol–water partition coefficient (Wildman–Crippen LogP) is 2.09. The summed E-state index contributed by atoms with van der Waals surface area (Å²) in [5, 5.41) is 0. The quantitative estimate of drug-likeness (QED) is 0.749. The highest BCUT2D eigenvalue weighted by molar-refractivity contribution is 4.83. The smallest absolute Gasteiger partial charge is 0.00795 e. The SMILES string of the molecule is CCC1CCC(N)C(CN(C)CC)C1. The number of nitrogens with two attached hydrogens (primary N) is 1. The summed E-state index contributed by atoms with van der Waals surface area (Å²) in [4.78, 5) is 2.39. The summed E-state index contributed by atoms with van der Waals surface area (Å²) in [5.41, 5.74) is 6.17. The first-order chi connectivity index (χ1) is 6.67. The highest BCUT2D eigenvalue weighted by Crippen LogP contribution is 2.30. The van der Waals surface area contributed by atoms with Crippen molar-refractivity contribution in [2.24, 2.45) is 17.6 Å². The van der Waals surface area contributed by atoms with E-state index in [1.165, 1.54) is 32.2 Å². The van der Waals surface area contributed by atoms with E-state index in [0.29, 0.717) is 6.04 Å². The van der Waals surface area contributed by atoms with E-state index >= 15 is 0 Å². The molecule has 0 amide bonds.